The van der Waals surface area contributed by atoms with Gasteiger partial charge in [0.2, 0.25) is 0 Å². The summed E-state index contributed by atoms with van der Waals surface area (Å²) in [4.78, 5) is 11.7. The minimum atomic E-state index is -0.238. The Morgan fingerprint density at radius 2 is 1.81 bits per heavy atom. The molecular formula is C17H16N2O2. The maximum absolute atomic E-state index is 11.7. The Kier molecular flexibility index (Phi) is 5.29. The summed E-state index contributed by atoms with van der Waals surface area (Å²) in [5.74, 6) is 0.549. The van der Waals surface area contributed by atoms with Crippen molar-refractivity contribution in [3.8, 4) is 5.75 Å². The predicted octanol–water partition coefficient (Wildman–Crippen LogP) is 3.12. The van der Waals surface area contributed by atoms with E-state index in [4.69, 9.17) is 4.74 Å². The molecule has 0 saturated heterocycles. The van der Waals surface area contributed by atoms with Gasteiger partial charge < -0.3 is 4.74 Å². The van der Waals surface area contributed by atoms with E-state index in [1.165, 1.54) is 6.21 Å². The van der Waals surface area contributed by atoms with Gasteiger partial charge in [-0.15, -0.1) is 0 Å². The van der Waals surface area contributed by atoms with Crippen molar-refractivity contribution in [2.75, 3.05) is 7.11 Å². The Balaban J connectivity index is 1.91. The van der Waals surface area contributed by atoms with Crippen molar-refractivity contribution in [3.05, 3.63) is 71.8 Å². The number of nitrogens with zero attached hydrogens (tertiary/aromatic N) is 1. The van der Waals surface area contributed by atoms with Crippen molar-refractivity contribution in [1.29, 1.82) is 0 Å². The first kappa shape index (κ1) is 14.5. The Morgan fingerprint density at radius 1 is 1.10 bits per heavy atom. The molecule has 2 rings (SSSR count). The van der Waals surface area contributed by atoms with Gasteiger partial charge in [-0.2, -0.15) is 5.10 Å². The zero-order chi connectivity index (χ0) is 14.9. The van der Waals surface area contributed by atoms with Crippen LogP contribution in [0.1, 0.15) is 15.9 Å². The number of ether oxygens (including phenoxy) is 1. The molecule has 0 aliphatic heterocycles. The minimum Gasteiger partial charge on any atom is -0.496 e. The lowest BCUT2D eigenvalue weighted by Gasteiger charge is -2.02. The zero-order valence-corrected chi connectivity index (χ0v) is 11.7. The Labute approximate surface area is 123 Å². The van der Waals surface area contributed by atoms with E-state index in [1.807, 2.05) is 36.4 Å². The lowest BCUT2D eigenvalue weighted by molar-refractivity contribution is 0.0955. The van der Waals surface area contributed by atoms with Gasteiger partial charge in [-0.05, 0) is 30.4 Å². The monoisotopic (exact) mass is 280 g/mol. The van der Waals surface area contributed by atoms with Gasteiger partial charge in [0.15, 0.2) is 0 Å². The molecule has 106 valence electrons. The van der Waals surface area contributed by atoms with Crippen LogP contribution in [0, 0.1) is 0 Å². The normalized spacial score (nSPS) is 10.9. The van der Waals surface area contributed by atoms with Crippen LogP contribution in [0.15, 0.2) is 65.8 Å². The van der Waals surface area contributed by atoms with E-state index in [2.05, 4.69) is 10.5 Å². The summed E-state index contributed by atoms with van der Waals surface area (Å²) in [7, 11) is 1.63. The molecule has 2 aromatic rings. The number of hydrogen-bond acceptors (Lipinski definition) is 3. The van der Waals surface area contributed by atoms with Gasteiger partial charge in [0.1, 0.15) is 5.75 Å². The third kappa shape index (κ3) is 4.31. The molecule has 0 radical (unpaired) electrons. The molecule has 0 aliphatic rings. The van der Waals surface area contributed by atoms with Crippen LogP contribution in [-0.2, 0) is 0 Å². The number of benzene rings is 2. The van der Waals surface area contributed by atoms with Crippen LogP contribution in [-0.4, -0.2) is 19.2 Å². The quantitative estimate of drug-likeness (QED) is 0.675. The van der Waals surface area contributed by atoms with Crippen LogP contribution in [0.5, 0.6) is 5.75 Å². The van der Waals surface area contributed by atoms with Gasteiger partial charge in [0.05, 0.1) is 7.11 Å². The Hall–Kier alpha value is -2.88. The standard InChI is InChI=1S/C17H16N2O2/c1-21-16-12-6-5-8-14(16)11-7-13-18-19-17(20)15-9-3-2-4-10-15/h2-13H,1H3,(H,19,20)/b11-7+,18-13+. The fourth-order valence-corrected chi connectivity index (χ4v) is 1.74. The van der Waals surface area contributed by atoms with Crippen LogP contribution >= 0.6 is 0 Å². The lowest BCUT2D eigenvalue weighted by Crippen LogP contribution is -2.16. The van der Waals surface area contributed by atoms with Crippen LogP contribution in [0.3, 0.4) is 0 Å². The Bertz CT molecular complexity index is 649. The van der Waals surface area contributed by atoms with Gasteiger partial charge in [0, 0.05) is 17.3 Å². The maximum atomic E-state index is 11.7. The number of para-hydroxylation sites is 1. The molecule has 4 heteroatoms. The second kappa shape index (κ2) is 7.65. The molecule has 0 aliphatic carbocycles. The van der Waals surface area contributed by atoms with E-state index >= 15 is 0 Å². The van der Waals surface area contributed by atoms with Gasteiger partial charge in [0.25, 0.3) is 5.91 Å². The summed E-state index contributed by atoms with van der Waals surface area (Å²) in [6.07, 6.45) is 5.12. The summed E-state index contributed by atoms with van der Waals surface area (Å²) in [6, 6.07) is 16.6. The number of carbonyl (C=O) groups excluding carboxylic acids is 1. The molecule has 1 amide bonds. The topological polar surface area (TPSA) is 50.7 Å². The fourth-order valence-electron chi connectivity index (χ4n) is 1.74. The average Bonchev–Trinajstić information content (AvgIpc) is 2.55. The summed E-state index contributed by atoms with van der Waals surface area (Å²) in [5, 5.41) is 3.87. The highest BCUT2D eigenvalue weighted by molar-refractivity contribution is 5.94. The van der Waals surface area contributed by atoms with Crippen molar-refractivity contribution < 1.29 is 9.53 Å². The number of hydrogen-bond donors (Lipinski definition) is 1. The molecule has 0 aromatic heterocycles. The molecule has 2 aromatic carbocycles. The minimum absolute atomic E-state index is 0.238. The van der Waals surface area contributed by atoms with E-state index in [-0.39, 0.29) is 5.91 Å². The molecule has 0 atom stereocenters. The first-order valence-corrected chi connectivity index (χ1v) is 6.49. The summed E-state index contributed by atoms with van der Waals surface area (Å²) in [6.45, 7) is 0. The zero-order valence-electron chi connectivity index (χ0n) is 11.7. The molecule has 0 spiro atoms. The van der Waals surface area contributed by atoms with E-state index in [9.17, 15) is 4.79 Å². The summed E-state index contributed by atoms with van der Waals surface area (Å²) >= 11 is 0. The second-order valence-corrected chi connectivity index (χ2v) is 4.19. The number of methoxy groups -OCH3 is 1. The van der Waals surface area contributed by atoms with E-state index < -0.39 is 0 Å². The van der Waals surface area contributed by atoms with Crippen molar-refractivity contribution in [3.63, 3.8) is 0 Å². The largest absolute Gasteiger partial charge is 0.496 e. The summed E-state index contributed by atoms with van der Waals surface area (Å²) in [5.41, 5.74) is 3.98. The van der Waals surface area contributed by atoms with Crippen LogP contribution in [0.4, 0.5) is 0 Å². The van der Waals surface area contributed by atoms with E-state index in [0.717, 1.165) is 11.3 Å². The number of allylic oxidation sites excluding steroid dienone is 1. The fraction of sp³-hybridized carbons (Fsp3) is 0.0588. The highest BCUT2D eigenvalue weighted by Crippen LogP contribution is 2.18. The molecule has 0 saturated carbocycles. The number of carbonyl (C=O) groups is 1. The first-order chi connectivity index (χ1) is 10.3. The first-order valence-electron chi connectivity index (χ1n) is 6.49. The highest BCUT2D eigenvalue weighted by atomic mass is 16.5. The van der Waals surface area contributed by atoms with Crippen LogP contribution in [0.2, 0.25) is 0 Å². The summed E-state index contributed by atoms with van der Waals surface area (Å²) < 4.78 is 5.23. The Morgan fingerprint density at radius 3 is 2.57 bits per heavy atom. The van der Waals surface area contributed by atoms with Gasteiger partial charge >= 0.3 is 0 Å². The predicted molar refractivity (Wildman–Crippen MR) is 84.4 cm³/mol. The molecule has 0 heterocycles. The smallest absolute Gasteiger partial charge is 0.271 e. The molecule has 21 heavy (non-hydrogen) atoms. The average molecular weight is 280 g/mol. The number of rotatable bonds is 5. The maximum Gasteiger partial charge on any atom is 0.271 e. The van der Waals surface area contributed by atoms with Gasteiger partial charge in [-0.1, -0.05) is 36.4 Å². The SMILES string of the molecule is COc1ccccc1/C=C/C=N/NC(=O)c1ccccc1. The van der Waals surface area contributed by atoms with Gasteiger partial charge in [-0.25, -0.2) is 5.43 Å². The molecule has 0 bridgehead atoms. The second-order valence-electron chi connectivity index (χ2n) is 4.19. The highest BCUT2D eigenvalue weighted by Gasteiger charge is 2.00. The van der Waals surface area contributed by atoms with E-state index in [1.54, 1.807) is 37.5 Å². The number of amides is 1. The molecule has 1 N–H and O–H groups in total. The molecule has 4 nitrogen and oxygen atoms in total. The van der Waals surface area contributed by atoms with Crippen molar-refractivity contribution in [2.45, 2.75) is 0 Å². The lowest BCUT2D eigenvalue weighted by atomic mass is 10.2. The number of hydrazone groups is 1. The van der Waals surface area contributed by atoms with Crippen molar-refractivity contribution >= 4 is 18.2 Å². The van der Waals surface area contributed by atoms with Crippen LogP contribution < -0.4 is 10.2 Å². The molecule has 0 fully saturated rings. The van der Waals surface area contributed by atoms with Gasteiger partial charge in [-0.3, -0.25) is 4.79 Å². The van der Waals surface area contributed by atoms with Crippen LogP contribution in [0.25, 0.3) is 6.08 Å². The van der Waals surface area contributed by atoms with E-state index in [0.29, 0.717) is 5.56 Å². The third-order valence-electron chi connectivity index (χ3n) is 2.78. The number of nitrogens with one attached hydrogen (secondary N) is 1. The molecule has 0 unspecified atom stereocenters. The van der Waals surface area contributed by atoms with Crippen molar-refractivity contribution in [1.82, 2.24) is 5.43 Å². The van der Waals surface area contributed by atoms with Crippen molar-refractivity contribution in [2.24, 2.45) is 5.10 Å². The third-order valence-corrected chi connectivity index (χ3v) is 2.78. The molecular weight excluding hydrogens is 264 g/mol.